The lowest BCUT2D eigenvalue weighted by atomic mass is 10.2. The van der Waals surface area contributed by atoms with Crippen molar-refractivity contribution < 1.29 is 14.3 Å². The van der Waals surface area contributed by atoms with Crippen LogP contribution in [0.2, 0.25) is 0 Å². The molecule has 0 fully saturated rings. The quantitative estimate of drug-likeness (QED) is 0.618. The molecule has 0 bridgehead atoms. The van der Waals surface area contributed by atoms with Crippen LogP contribution in [0.1, 0.15) is 23.2 Å². The summed E-state index contributed by atoms with van der Waals surface area (Å²) in [5.41, 5.74) is 1.03. The number of ether oxygens (including phenoxy) is 1. The molecule has 106 valence electrons. The molecule has 0 atom stereocenters. The molecule has 0 aliphatic heterocycles. The predicted molar refractivity (Wildman–Crippen MR) is 76.8 cm³/mol. The lowest BCUT2D eigenvalue weighted by Gasteiger charge is -2.06. The Morgan fingerprint density at radius 2 is 2.05 bits per heavy atom. The highest BCUT2D eigenvalue weighted by Crippen LogP contribution is 2.12. The van der Waals surface area contributed by atoms with Gasteiger partial charge in [0.15, 0.2) is 0 Å². The molecular formula is C13H19ClN2O3. The second kappa shape index (κ2) is 9.35. The minimum atomic E-state index is -0.415. The normalized spacial score (nSPS) is 9.37. The fourth-order valence-corrected chi connectivity index (χ4v) is 1.49. The van der Waals surface area contributed by atoms with Gasteiger partial charge in [0.2, 0.25) is 5.91 Å². The largest absolute Gasteiger partial charge is 0.465 e. The second-order valence-corrected chi connectivity index (χ2v) is 3.83. The van der Waals surface area contributed by atoms with Crippen molar-refractivity contribution in [3.63, 3.8) is 0 Å². The maximum absolute atomic E-state index is 11.6. The third-order valence-corrected chi connectivity index (χ3v) is 2.40. The van der Waals surface area contributed by atoms with Crippen LogP contribution in [0.4, 0.5) is 5.69 Å². The number of carbonyl (C=O) groups excluding carboxylic acids is 2. The zero-order chi connectivity index (χ0) is 13.4. The number of benzene rings is 1. The van der Waals surface area contributed by atoms with E-state index in [4.69, 9.17) is 0 Å². The smallest absolute Gasteiger partial charge is 0.337 e. The molecule has 1 amide bonds. The van der Waals surface area contributed by atoms with Crippen molar-refractivity contribution in [2.24, 2.45) is 0 Å². The van der Waals surface area contributed by atoms with Crippen molar-refractivity contribution in [3.05, 3.63) is 29.8 Å². The number of halogens is 1. The van der Waals surface area contributed by atoms with Gasteiger partial charge in [-0.1, -0.05) is 6.07 Å². The maximum Gasteiger partial charge on any atom is 0.337 e. The van der Waals surface area contributed by atoms with Gasteiger partial charge < -0.3 is 15.4 Å². The fourth-order valence-electron chi connectivity index (χ4n) is 1.49. The highest BCUT2D eigenvalue weighted by molar-refractivity contribution is 5.94. The molecule has 19 heavy (non-hydrogen) atoms. The molecule has 1 aromatic carbocycles. The summed E-state index contributed by atoms with van der Waals surface area (Å²) in [5.74, 6) is -0.478. The van der Waals surface area contributed by atoms with Gasteiger partial charge in [-0.3, -0.25) is 4.79 Å². The Morgan fingerprint density at radius 3 is 2.68 bits per heavy atom. The highest BCUT2D eigenvalue weighted by Gasteiger charge is 2.07. The number of esters is 1. The van der Waals surface area contributed by atoms with Gasteiger partial charge in [-0.2, -0.15) is 0 Å². The topological polar surface area (TPSA) is 67.4 Å². The third-order valence-electron chi connectivity index (χ3n) is 2.40. The van der Waals surface area contributed by atoms with Crippen LogP contribution < -0.4 is 10.6 Å². The summed E-state index contributed by atoms with van der Waals surface area (Å²) >= 11 is 0. The van der Waals surface area contributed by atoms with E-state index in [0.717, 1.165) is 13.0 Å². The van der Waals surface area contributed by atoms with Crippen LogP contribution in [0.5, 0.6) is 0 Å². The fraction of sp³-hybridized carbons (Fsp3) is 0.385. The summed E-state index contributed by atoms with van der Waals surface area (Å²) in [6.07, 6.45) is 1.22. The molecule has 1 aromatic rings. The van der Waals surface area contributed by atoms with Crippen LogP contribution in [0, 0.1) is 0 Å². The van der Waals surface area contributed by atoms with E-state index in [1.807, 2.05) is 7.05 Å². The molecule has 0 saturated carbocycles. The molecular weight excluding hydrogens is 268 g/mol. The van der Waals surface area contributed by atoms with Gasteiger partial charge in [-0.25, -0.2) is 4.79 Å². The summed E-state index contributed by atoms with van der Waals surface area (Å²) in [6.45, 7) is 0.801. The lowest BCUT2D eigenvalue weighted by molar-refractivity contribution is -0.116. The number of methoxy groups -OCH3 is 1. The molecule has 0 saturated heterocycles. The predicted octanol–water partition coefficient (Wildman–Crippen LogP) is 1.83. The lowest BCUT2D eigenvalue weighted by Crippen LogP contribution is -2.15. The molecule has 6 heteroatoms. The van der Waals surface area contributed by atoms with E-state index in [1.165, 1.54) is 7.11 Å². The van der Waals surface area contributed by atoms with Crippen molar-refractivity contribution in [2.45, 2.75) is 12.8 Å². The van der Waals surface area contributed by atoms with Crippen molar-refractivity contribution in [1.82, 2.24) is 5.32 Å². The Kier molecular flexibility index (Phi) is 8.57. The number of rotatable bonds is 6. The van der Waals surface area contributed by atoms with Gasteiger partial charge >= 0.3 is 5.97 Å². The van der Waals surface area contributed by atoms with Crippen LogP contribution in [0.15, 0.2) is 24.3 Å². The molecule has 5 nitrogen and oxygen atoms in total. The number of hydrogen-bond donors (Lipinski definition) is 2. The van der Waals surface area contributed by atoms with Crippen LogP contribution in [0.25, 0.3) is 0 Å². The summed E-state index contributed by atoms with van der Waals surface area (Å²) in [7, 11) is 3.17. The molecule has 0 aromatic heterocycles. The Morgan fingerprint density at radius 1 is 1.32 bits per heavy atom. The van der Waals surface area contributed by atoms with Crippen molar-refractivity contribution in [1.29, 1.82) is 0 Å². The van der Waals surface area contributed by atoms with E-state index in [9.17, 15) is 9.59 Å². The van der Waals surface area contributed by atoms with E-state index < -0.39 is 5.97 Å². The van der Waals surface area contributed by atoms with Crippen molar-refractivity contribution in [2.75, 3.05) is 26.0 Å². The molecule has 2 N–H and O–H groups in total. The van der Waals surface area contributed by atoms with E-state index in [0.29, 0.717) is 17.7 Å². The first kappa shape index (κ1) is 17.4. The second-order valence-electron chi connectivity index (χ2n) is 3.83. The van der Waals surface area contributed by atoms with E-state index in [-0.39, 0.29) is 18.3 Å². The number of carbonyl (C=O) groups is 2. The number of hydrogen-bond acceptors (Lipinski definition) is 4. The van der Waals surface area contributed by atoms with Gasteiger partial charge in [0.25, 0.3) is 0 Å². The first-order valence-electron chi connectivity index (χ1n) is 5.80. The molecule has 0 aliphatic carbocycles. The van der Waals surface area contributed by atoms with E-state index >= 15 is 0 Å². The summed E-state index contributed by atoms with van der Waals surface area (Å²) in [4.78, 5) is 22.9. The minimum absolute atomic E-state index is 0. The molecule has 0 spiro atoms. The summed E-state index contributed by atoms with van der Waals surface area (Å²) < 4.78 is 4.62. The monoisotopic (exact) mass is 286 g/mol. The molecule has 0 unspecified atom stereocenters. The number of nitrogens with one attached hydrogen (secondary N) is 2. The SMILES string of the molecule is CNCCCC(=O)Nc1cccc(C(=O)OC)c1.Cl. The van der Waals surface area contributed by atoms with Gasteiger partial charge in [0.1, 0.15) is 0 Å². The molecule has 0 radical (unpaired) electrons. The molecule has 0 heterocycles. The Labute approximate surface area is 119 Å². The van der Waals surface area contributed by atoms with Gasteiger partial charge in [0.05, 0.1) is 12.7 Å². The minimum Gasteiger partial charge on any atom is -0.465 e. The van der Waals surface area contributed by atoms with Gasteiger partial charge in [-0.05, 0) is 38.2 Å². The average molecular weight is 287 g/mol. The third kappa shape index (κ3) is 6.22. The summed E-state index contributed by atoms with van der Waals surface area (Å²) in [6, 6.07) is 6.68. The van der Waals surface area contributed by atoms with Crippen LogP contribution in [-0.4, -0.2) is 32.6 Å². The number of anilines is 1. The Balaban J connectivity index is 0.00000324. The first-order chi connectivity index (χ1) is 8.67. The van der Waals surface area contributed by atoms with Gasteiger partial charge in [-0.15, -0.1) is 12.4 Å². The van der Waals surface area contributed by atoms with Crippen molar-refractivity contribution in [3.8, 4) is 0 Å². The molecule has 0 aliphatic rings. The van der Waals surface area contributed by atoms with E-state index in [2.05, 4.69) is 15.4 Å². The van der Waals surface area contributed by atoms with Crippen LogP contribution >= 0.6 is 12.4 Å². The zero-order valence-corrected chi connectivity index (χ0v) is 11.9. The van der Waals surface area contributed by atoms with Crippen LogP contribution in [0.3, 0.4) is 0 Å². The highest BCUT2D eigenvalue weighted by atomic mass is 35.5. The van der Waals surface area contributed by atoms with Gasteiger partial charge in [0, 0.05) is 12.1 Å². The first-order valence-corrected chi connectivity index (χ1v) is 5.80. The number of amides is 1. The maximum atomic E-state index is 11.6. The van der Waals surface area contributed by atoms with E-state index in [1.54, 1.807) is 24.3 Å². The summed E-state index contributed by atoms with van der Waals surface area (Å²) in [5, 5.41) is 5.72. The zero-order valence-electron chi connectivity index (χ0n) is 11.1. The Hall–Kier alpha value is -1.59. The van der Waals surface area contributed by atoms with Crippen molar-refractivity contribution >= 4 is 30.0 Å². The standard InChI is InChI=1S/C13H18N2O3.ClH/c1-14-8-4-7-12(16)15-11-6-3-5-10(9-11)13(17)18-2;/h3,5-6,9,14H,4,7-8H2,1-2H3,(H,15,16);1H. The average Bonchev–Trinajstić information content (AvgIpc) is 2.38. The Bertz CT molecular complexity index is 424. The molecule has 1 rings (SSSR count). The van der Waals surface area contributed by atoms with Crippen LogP contribution in [-0.2, 0) is 9.53 Å².